The molecule has 1 fully saturated rings. The summed E-state index contributed by atoms with van der Waals surface area (Å²) in [5.41, 5.74) is 0.610. The van der Waals surface area contributed by atoms with Gasteiger partial charge in [0.25, 0.3) is 0 Å². The van der Waals surface area contributed by atoms with Crippen LogP contribution in [0.3, 0.4) is 0 Å². The van der Waals surface area contributed by atoms with Crippen LogP contribution in [0, 0.1) is 11.3 Å². The van der Waals surface area contributed by atoms with Crippen LogP contribution < -0.4 is 5.32 Å². The zero-order chi connectivity index (χ0) is 12.3. The molecule has 0 aromatic carbocycles. The van der Waals surface area contributed by atoms with Gasteiger partial charge in [0.05, 0.1) is 6.26 Å². The second-order valence-corrected chi connectivity index (χ2v) is 5.92. The van der Waals surface area contributed by atoms with Crippen molar-refractivity contribution in [3.8, 4) is 0 Å². The van der Waals surface area contributed by atoms with Crippen molar-refractivity contribution >= 4 is 0 Å². The largest absolute Gasteiger partial charge is 0.469 e. The lowest BCUT2D eigenvalue weighted by Crippen LogP contribution is -2.34. The predicted molar refractivity (Wildman–Crippen MR) is 71.0 cm³/mol. The Balaban J connectivity index is 1.66. The van der Waals surface area contributed by atoms with Crippen LogP contribution in [0.2, 0.25) is 0 Å². The van der Waals surface area contributed by atoms with E-state index in [1.807, 2.05) is 6.07 Å². The summed E-state index contributed by atoms with van der Waals surface area (Å²) < 4.78 is 5.35. The first kappa shape index (κ1) is 12.7. The van der Waals surface area contributed by atoms with Gasteiger partial charge in [-0.25, -0.2) is 0 Å². The molecule has 1 aliphatic carbocycles. The molecule has 0 saturated heterocycles. The van der Waals surface area contributed by atoms with E-state index in [0.717, 1.165) is 24.5 Å². The summed E-state index contributed by atoms with van der Waals surface area (Å²) in [5, 5.41) is 3.69. The fraction of sp³-hybridized carbons (Fsp3) is 0.733. The van der Waals surface area contributed by atoms with E-state index >= 15 is 0 Å². The first-order chi connectivity index (χ1) is 8.12. The summed E-state index contributed by atoms with van der Waals surface area (Å²) >= 11 is 0. The molecule has 0 amide bonds. The van der Waals surface area contributed by atoms with Gasteiger partial charge in [-0.05, 0) is 49.7 Å². The number of hydrogen-bond donors (Lipinski definition) is 1. The molecule has 0 spiro atoms. The van der Waals surface area contributed by atoms with E-state index in [1.54, 1.807) is 6.26 Å². The molecule has 1 atom stereocenters. The Morgan fingerprint density at radius 1 is 1.35 bits per heavy atom. The number of rotatable bonds is 7. The van der Waals surface area contributed by atoms with Crippen LogP contribution >= 0.6 is 0 Å². The first-order valence-electron chi connectivity index (χ1n) is 6.88. The van der Waals surface area contributed by atoms with Gasteiger partial charge < -0.3 is 9.73 Å². The van der Waals surface area contributed by atoms with Gasteiger partial charge in [0.2, 0.25) is 0 Å². The fourth-order valence-electron chi connectivity index (χ4n) is 2.41. The molecule has 1 N–H and O–H groups in total. The summed E-state index contributed by atoms with van der Waals surface area (Å²) in [5.74, 6) is 1.91. The molecule has 0 radical (unpaired) electrons. The second-order valence-electron chi connectivity index (χ2n) is 5.92. The van der Waals surface area contributed by atoms with Gasteiger partial charge in [-0.3, -0.25) is 0 Å². The van der Waals surface area contributed by atoms with Crippen molar-refractivity contribution in [3.05, 3.63) is 24.2 Å². The van der Waals surface area contributed by atoms with Crippen LogP contribution in [-0.2, 0) is 6.42 Å². The zero-order valence-electron chi connectivity index (χ0n) is 11.3. The van der Waals surface area contributed by atoms with Crippen molar-refractivity contribution in [3.63, 3.8) is 0 Å². The Morgan fingerprint density at radius 2 is 2.12 bits per heavy atom. The maximum absolute atomic E-state index is 5.35. The van der Waals surface area contributed by atoms with Crippen LogP contribution in [0.15, 0.2) is 22.8 Å². The lowest BCUT2D eigenvalue weighted by molar-refractivity contribution is 0.318. The Labute approximate surface area is 105 Å². The van der Waals surface area contributed by atoms with E-state index in [4.69, 9.17) is 4.42 Å². The van der Waals surface area contributed by atoms with Gasteiger partial charge in [0, 0.05) is 19.0 Å². The summed E-state index contributed by atoms with van der Waals surface area (Å²) in [4.78, 5) is 0. The highest BCUT2D eigenvalue weighted by molar-refractivity contribution is 4.99. The van der Waals surface area contributed by atoms with Crippen LogP contribution in [0.5, 0.6) is 0 Å². The molecule has 2 heteroatoms. The maximum Gasteiger partial charge on any atom is 0.103 e. The van der Waals surface area contributed by atoms with Crippen molar-refractivity contribution in [1.82, 2.24) is 5.32 Å². The minimum atomic E-state index is 0.580. The van der Waals surface area contributed by atoms with Gasteiger partial charge >= 0.3 is 0 Å². The molecule has 1 aliphatic rings. The smallest absolute Gasteiger partial charge is 0.103 e. The van der Waals surface area contributed by atoms with Gasteiger partial charge in [0.15, 0.2) is 0 Å². The maximum atomic E-state index is 5.35. The van der Waals surface area contributed by atoms with Crippen molar-refractivity contribution in [2.75, 3.05) is 6.54 Å². The minimum Gasteiger partial charge on any atom is -0.469 e. The van der Waals surface area contributed by atoms with Crippen molar-refractivity contribution in [2.45, 2.75) is 52.5 Å². The monoisotopic (exact) mass is 235 g/mol. The average molecular weight is 235 g/mol. The van der Waals surface area contributed by atoms with E-state index in [1.165, 1.54) is 19.4 Å². The number of furan rings is 1. The summed E-state index contributed by atoms with van der Waals surface area (Å²) in [6.07, 6.45) is 6.76. The highest BCUT2D eigenvalue weighted by Crippen LogP contribution is 2.51. The zero-order valence-corrected chi connectivity index (χ0v) is 11.3. The molecule has 17 heavy (non-hydrogen) atoms. The van der Waals surface area contributed by atoms with Gasteiger partial charge in [0.1, 0.15) is 5.76 Å². The number of nitrogens with one attached hydrogen (secondary N) is 1. The molecular formula is C15H25NO. The minimum absolute atomic E-state index is 0.580. The molecule has 2 rings (SSSR count). The van der Waals surface area contributed by atoms with Gasteiger partial charge in [-0.15, -0.1) is 0 Å². The molecule has 1 aromatic heterocycles. The Kier molecular flexibility index (Phi) is 3.93. The molecule has 1 heterocycles. The molecule has 0 aliphatic heterocycles. The number of hydrogen-bond acceptors (Lipinski definition) is 2. The molecule has 2 nitrogen and oxygen atoms in total. The fourth-order valence-corrected chi connectivity index (χ4v) is 2.41. The number of aryl methyl sites for hydroxylation is 1. The molecular weight excluding hydrogens is 210 g/mol. The highest BCUT2D eigenvalue weighted by Gasteiger charge is 2.44. The SMILES string of the molecule is CC(CCc1ccco1)NCC1(C(C)C)CC1. The van der Waals surface area contributed by atoms with E-state index in [0.29, 0.717) is 11.5 Å². The second kappa shape index (κ2) is 5.26. The molecule has 1 saturated carbocycles. The van der Waals surface area contributed by atoms with Crippen LogP contribution in [0.25, 0.3) is 0 Å². The summed E-state index contributed by atoms with van der Waals surface area (Å²) in [6, 6.07) is 4.60. The first-order valence-corrected chi connectivity index (χ1v) is 6.88. The van der Waals surface area contributed by atoms with Gasteiger partial charge in [-0.2, -0.15) is 0 Å². The van der Waals surface area contributed by atoms with Crippen molar-refractivity contribution in [1.29, 1.82) is 0 Å². The van der Waals surface area contributed by atoms with Gasteiger partial charge in [-0.1, -0.05) is 13.8 Å². The topological polar surface area (TPSA) is 25.2 Å². The third kappa shape index (κ3) is 3.35. The predicted octanol–water partition coefficient (Wildman–Crippen LogP) is 3.63. The van der Waals surface area contributed by atoms with E-state index in [9.17, 15) is 0 Å². The Hall–Kier alpha value is -0.760. The van der Waals surface area contributed by atoms with Crippen molar-refractivity contribution < 1.29 is 4.42 Å². The van der Waals surface area contributed by atoms with E-state index in [2.05, 4.69) is 32.2 Å². The standard InChI is InChI=1S/C15H25NO/c1-12(2)15(8-9-15)11-16-13(3)6-7-14-5-4-10-17-14/h4-5,10,12-13,16H,6-9,11H2,1-3H3. The lowest BCUT2D eigenvalue weighted by atomic mass is 9.92. The normalized spacial score (nSPS) is 19.5. The van der Waals surface area contributed by atoms with Crippen LogP contribution in [-0.4, -0.2) is 12.6 Å². The van der Waals surface area contributed by atoms with E-state index < -0.39 is 0 Å². The van der Waals surface area contributed by atoms with Crippen LogP contribution in [0.1, 0.15) is 45.8 Å². The van der Waals surface area contributed by atoms with Crippen molar-refractivity contribution in [2.24, 2.45) is 11.3 Å². The van der Waals surface area contributed by atoms with Crippen LogP contribution in [0.4, 0.5) is 0 Å². The molecule has 0 bridgehead atoms. The third-order valence-corrected chi connectivity index (χ3v) is 4.32. The third-order valence-electron chi connectivity index (χ3n) is 4.32. The summed E-state index contributed by atoms with van der Waals surface area (Å²) in [7, 11) is 0. The average Bonchev–Trinajstić information content (AvgIpc) is 2.93. The Bertz CT molecular complexity index is 325. The molecule has 1 aromatic rings. The van der Waals surface area contributed by atoms with E-state index in [-0.39, 0.29) is 0 Å². The molecule has 1 unspecified atom stereocenters. The lowest BCUT2D eigenvalue weighted by Gasteiger charge is -2.23. The quantitative estimate of drug-likeness (QED) is 0.780. The summed E-state index contributed by atoms with van der Waals surface area (Å²) in [6.45, 7) is 8.16. The Morgan fingerprint density at radius 3 is 2.65 bits per heavy atom. The highest BCUT2D eigenvalue weighted by atomic mass is 16.3. The molecule has 96 valence electrons.